The highest BCUT2D eigenvalue weighted by Gasteiger charge is 2.67. The van der Waals surface area contributed by atoms with Gasteiger partial charge in [0, 0.05) is 23.6 Å². The minimum Gasteiger partial charge on any atom is -0.443 e. The van der Waals surface area contributed by atoms with Gasteiger partial charge in [-0.3, -0.25) is 9.59 Å². The van der Waals surface area contributed by atoms with Crippen LogP contribution >= 0.6 is 46.4 Å². The lowest BCUT2D eigenvalue weighted by Gasteiger charge is -2.29. The van der Waals surface area contributed by atoms with Crippen LogP contribution in [-0.2, 0) is 20.7 Å². The maximum Gasteiger partial charge on any atom is 0.424 e. The van der Waals surface area contributed by atoms with E-state index in [9.17, 15) is 23.6 Å². The number of halogens is 7. The predicted molar refractivity (Wildman–Crippen MR) is 186 cm³/mol. The Labute approximate surface area is 307 Å². The molecule has 1 N–H and O–H groups in total. The lowest BCUT2D eigenvalue weighted by Crippen LogP contribution is -2.44. The molecular formula is C35H33Cl4F3N2O6. The second kappa shape index (κ2) is 14.3. The summed E-state index contributed by atoms with van der Waals surface area (Å²) >= 11 is 25.2. The summed E-state index contributed by atoms with van der Waals surface area (Å²) in [7, 11) is 0. The molecule has 0 aromatic heterocycles. The summed E-state index contributed by atoms with van der Waals surface area (Å²) in [5.41, 5.74) is -2.98. The maximum atomic E-state index is 16.1. The van der Waals surface area contributed by atoms with Crippen molar-refractivity contribution in [2.45, 2.75) is 76.3 Å². The quantitative estimate of drug-likeness (QED) is 0.189. The fourth-order valence-electron chi connectivity index (χ4n) is 5.10. The van der Waals surface area contributed by atoms with E-state index in [1.807, 2.05) is 0 Å². The first-order valence-corrected chi connectivity index (χ1v) is 16.6. The largest absolute Gasteiger partial charge is 0.443 e. The van der Waals surface area contributed by atoms with Crippen LogP contribution in [0.5, 0.6) is 0 Å². The standard InChI is InChI=1S/C35H33Cl4F3N2O6/c1-16-12-19(43-30(46)26-25(35(26,38)39)17-8-10-22(40)21(36)13-17)15-20(27(16)37)24(45)14-18-9-11-23(41)29(28(18)42)44(31(47)49-33(2,3)4)32(48)50-34(5,6)7/h8-13,15,25-26H,14H2,1-7H3,(H,43,46). The van der Waals surface area contributed by atoms with Gasteiger partial charge in [-0.2, -0.15) is 4.90 Å². The number of anilines is 2. The number of rotatable bonds is 7. The Hall–Kier alpha value is -3.51. The number of carbonyl (C=O) groups excluding carboxylic acids is 4. The number of benzene rings is 3. The van der Waals surface area contributed by atoms with Crippen LogP contribution in [0.25, 0.3) is 0 Å². The number of ether oxygens (including phenoxy) is 2. The smallest absolute Gasteiger partial charge is 0.424 e. The third-order valence-electron chi connectivity index (χ3n) is 7.33. The molecule has 0 bridgehead atoms. The van der Waals surface area contributed by atoms with Crippen LogP contribution < -0.4 is 10.2 Å². The summed E-state index contributed by atoms with van der Waals surface area (Å²) in [6, 6.07) is 8.41. The summed E-state index contributed by atoms with van der Waals surface area (Å²) in [4.78, 5) is 53.2. The topological polar surface area (TPSA) is 102 Å². The molecule has 0 spiro atoms. The number of ketones is 1. The van der Waals surface area contributed by atoms with Gasteiger partial charge in [0.25, 0.3) is 0 Å². The van der Waals surface area contributed by atoms with Crippen LogP contribution in [-0.4, -0.2) is 39.4 Å². The lowest BCUT2D eigenvalue weighted by atomic mass is 9.99. The van der Waals surface area contributed by atoms with Gasteiger partial charge in [-0.25, -0.2) is 22.8 Å². The molecule has 8 nitrogen and oxygen atoms in total. The second-order valence-corrected chi connectivity index (χ2v) is 15.9. The van der Waals surface area contributed by atoms with Crippen molar-refractivity contribution in [3.63, 3.8) is 0 Å². The van der Waals surface area contributed by atoms with E-state index in [2.05, 4.69) is 5.32 Å². The van der Waals surface area contributed by atoms with Gasteiger partial charge < -0.3 is 14.8 Å². The maximum absolute atomic E-state index is 16.1. The number of imide groups is 1. The van der Waals surface area contributed by atoms with E-state index in [-0.39, 0.29) is 31.8 Å². The SMILES string of the molecule is Cc1cc(NC(=O)C2C(c3ccc(F)c(Cl)c3)C2(Cl)Cl)cc(C(=O)Cc2ccc(F)c(N(C(=O)OC(C)(C)C)C(=O)OC(C)(C)C)c2F)c1Cl. The molecular weight excluding hydrogens is 743 g/mol. The Morgan fingerprint density at radius 1 is 0.860 bits per heavy atom. The molecule has 3 aromatic carbocycles. The molecule has 3 amide bonds. The Balaban J connectivity index is 1.63. The van der Waals surface area contributed by atoms with Gasteiger partial charge in [0.1, 0.15) is 27.0 Å². The van der Waals surface area contributed by atoms with Crippen LogP contribution in [0, 0.1) is 30.3 Å². The summed E-state index contributed by atoms with van der Waals surface area (Å²) in [5.74, 6) is -6.39. The van der Waals surface area contributed by atoms with Gasteiger partial charge in [-0.1, -0.05) is 35.3 Å². The number of amides is 3. The summed E-state index contributed by atoms with van der Waals surface area (Å²) < 4.78 is 54.0. The van der Waals surface area contributed by atoms with Crippen molar-refractivity contribution in [2.24, 2.45) is 5.92 Å². The molecule has 1 aliphatic rings. The number of aryl methyl sites for hydroxylation is 1. The van der Waals surface area contributed by atoms with Gasteiger partial charge in [0.05, 0.1) is 16.0 Å². The number of hydrogen-bond acceptors (Lipinski definition) is 6. The normalized spacial score (nSPS) is 16.8. The van der Waals surface area contributed by atoms with Crippen molar-refractivity contribution in [2.75, 3.05) is 10.2 Å². The molecule has 0 aliphatic heterocycles. The first-order chi connectivity index (χ1) is 22.9. The number of nitrogens with one attached hydrogen (secondary N) is 1. The Morgan fingerprint density at radius 3 is 1.96 bits per heavy atom. The van der Waals surface area contributed by atoms with Gasteiger partial charge in [-0.05, 0) is 95.5 Å². The van der Waals surface area contributed by atoms with Crippen LogP contribution in [0.15, 0.2) is 42.5 Å². The molecule has 1 saturated carbocycles. The second-order valence-electron chi connectivity index (χ2n) is 13.7. The molecule has 1 fully saturated rings. The number of nitrogens with zero attached hydrogens (tertiary/aromatic N) is 1. The Kier molecular flexibility index (Phi) is 11.2. The molecule has 3 aromatic rings. The fraction of sp³-hybridized carbons (Fsp3) is 0.371. The molecule has 2 atom stereocenters. The van der Waals surface area contributed by atoms with Gasteiger partial charge in [0.15, 0.2) is 17.4 Å². The third kappa shape index (κ3) is 8.67. The molecule has 1 aliphatic carbocycles. The zero-order valence-electron chi connectivity index (χ0n) is 27.9. The Morgan fingerprint density at radius 2 is 1.42 bits per heavy atom. The van der Waals surface area contributed by atoms with Crippen LogP contribution in [0.4, 0.5) is 34.1 Å². The fourth-order valence-corrected chi connectivity index (χ4v) is 6.33. The van der Waals surface area contributed by atoms with Crippen LogP contribution in [0.1, 0.15) is 74.5 Å². The number of carbonyl (C=O) groups is 4. The summed E-state index contributed by atoms with van der Waals surface area (Å²) in [6.07, 6.45) is -3.52. The van der Waals surface area contributed by atoms with Crippen molar-refractivity contribution in [1.82, 2.24) is 0 Å². The van der Waals surface area contributed by atoms with Crippen molar-refractivity contribution < 1.29 is 41.8 Å². The molecule has 0 heterocycles. The molecule has 15 heteroatoms. The minimum atomic E-state index is -1.53. The van der Waals surface area contributed by atoms with Gasteiger partial charge >= 0.3 is 12.2 Å². The molecule has 0 saturated heterocycles. The monoisotopic (exact) mass is 774 g/mol. The zero-order valence-corrected chi connectivity index (χ0v) is 31.0. The van der Waals surface area contributed by atoms with Crippen LogP contribution in [0.2, 0.25) is 10.0 Å². The lowest BCUT2D eigenvalue weighted by molar-refractivity contribution is -0.117. The minimum absolute atomic E-state index is 0.00540. The molecule has 2 unspecified atom stereocenters. The number of hydrogen-bond donors (Lipinski definition) is 1. The molecule has 50 heavy (non-hydrogen) atoms. The number of Topliss-reactive ketones (excluding diaryl/α,β-unsaturated/α-hetero) is 1. The van der Waals surface area contributed by atoms with Crippen molar-refractivity contribution in [3.05, 3.63) is 92.2 Å². The highest BCUT2D eigenvalue weighted by atomic mass is 35.5. The average Bonchev–Trinajstić information content (AvgIpc) is 3.55. The van der Waals surface area contributed by atoms with E-state index in [0.29, 0.717) is 11.1 Å². The molecule has 4 rings (SSSR count). The van der Waals surface area contributed by atoms with Gasteiger partial charge in [-0.15, -0.1) is 23.2 Å². The zero-order chi connectivity index (χ0) is 37.7. The van der Waals surface area contributed by atoms with Crippen molar-refractivity contribution in [3.8, 4) is 0 Å². The highest BCUT2D eigenvalue weighted by molar-refractivity contribution is 6.53. The van der Waals surface area contributed by atoms with E-state index in [1.165, 1.54) is 65.8 Å². The van der Waals surface area contributed by atoms with Crippen molar-refractivity contribution >= 4 is 81.7 Å². The predicted octanol–water partition coefficient (Wildman–Crippen LogP) is 10.3. The Bertz CT molecular complexity index is 1860. The molecule has 268 valence electrons. The highest BCUT2D eigenvalue weighted by Crippen LogP contribution is 2.65. The first kappa shape index (κ1) is 39.3. The van der Waals surface area contributed by atoms with E-state index < -0.39 is 80.8 Å². The summed E-state index contributed by atoms with van der Waals surface area (Å²) in [6.45, 7) is 10.5. The van der Waals surface area contributed by atoms with Gasteiger partial charge in [0.2, 0.25) is 5.91 Å². The summed E-state index contributed by atoms with van der Waals surface area (Å²) in [5, 5.41) is 2.49. The van der Waals surface area contributed by atoms with E-state index >= 15 is 8.78 Å². The first-order valence-electron chi connectivity index (χ1n) is 15.1. The van der Waals surface area contributed by atoms with Crippen LogP contribution in [0.3, 0.4) is 0 Å². The van der Waals surface area contributed by atoms with E-state index in [0.717, 1.165) is 18.2 Å². The average molecular weight is 776 g/mol. The third-order valence-corrected chi connectivity index (χ3v) is 9.07. The molecule has 0 radical (unpaired) electrons. The van der Waals surface area contributed by atoms with Crippen molar-refractivity contribution in [1.29, 1.82) is 0 Å². The van der Waals surface area contributed by atoms with E-state index in [4.69, 9.17) is 55.9 Å². The van der Waals surface area contributed by atoms with E-state index in [1.54, 1.807) is 6.92 Å². The number of alkyl halides is 2.